The van der Waals surface area contributed by atoms with Gasteiger partial charge in [0.25, 0.3) is 0 Å². The van der Waals surface area contributed by atoms with Crippen LogP contribution in [0.1, 0.15) is 77.6 Å². The summed E-state index contributed by atoms with van der Waals surface area (Å²) in [5.74, 6) is 1.12. The number of hydrogen-bond donors (Lipinski definition) is 0. The quantitative estimate of drug-likeness (QED) is 0.490. The second-order valence-electron chi connectivity index (χ2n) is 4.71. The Bertz CT molecular complexity index is 101. The Morgan fingerprint density at radius 3 is 2.15 bits per heavy atom. The lowest BCUT2D eigenvalue weighted by Gasteiger charge is -2.07. The van der Waals surface area contributed by atoms with E-state index in [4.69, 9.17) is 0 Å². The van der Waals surface area contributed by atoms with Crippen molar-refractivity contribution in [2.24, 2.45) is 5.92 Å². The lowest BCUT2D eigenvalue weighted by Crippen LogP contribution is -1.92. The first-order valence-electron chi connectivity index (χ1n) is 6.43. The van der Waals surface area contributed by atoms with Gasteiger partial charge in [0.05, 0.1) is 0 Å². The highest BCUT2D eigenvalue weighted by Crippen LogP contribution is 2.29. The highest BCUT2D eigenvalue weighted by atomic mass is 14.2. The predicted molar refractivity (Wildman–Crippen MR) is 60.0 cm³/mol. The summed E-state index contributed by atoms with van der Waals surface area (Å²) in [4.78, 5) is 0. The first-order chi connectivity index (χ1) is 6.43. The van der Waals surface area contributed by atoms with Crippen molar-refractivity contribution in [3.05, 3.63) is 0 Å². The van der Waals surface area contributed by atoms with Gasteiger partial charge in [-0.2, -0.15) is 0 Å². The van der Waals surface area contributed by atoms with Gasteiger partial charge in [-0.25, -0.2) is 0 Å². The van der Waals surface area contributed by atoms with Crippen molar-refractivity contribution in [3.8, 4) is 0 Å². The second-order valence-corrected chi connectivity index (χ2v) is 4.71. The molecule has 0 N–H and O–H groups in total. The lowest BCUT2D eigenvalue weighted by molar-refractivity contribution is 0.462. The molecule has 0 unspecified atom stereocenters. The van der Waals surface area contributed by atoms with E-state index in [1.807, 2.05) is 0 Å². The van der Waals surface area contributed by atoms with Crippen LogP contribution in [0.15, 0.2) is 0 Å². The molecule has 1 aliphatic carbocycles. The van der Waals surface area contributed by atoms with Crippen LogP contribution in [0.2, 0.25) is 0 Å². The minimum atomic E-state index is 1.12. The van der Waals surface area contributed by atoms with Gasteiger partial charge in [-0.05, 0) is 5.92 Å². The minimum absolute atomic E-state index is 1.12. The van der Waals surface area contributed by atoms with Crippen molar-refractivity contribution in [1.29, 1.82) is 0 Å². The number of unbranched alkanes of at least 4 members (excludes halogenated alkanes) is 5. The Kier molecular flexibility index (Phi) is 6.31. The molecule has 0 amide bonds. The summed E-state index contributed by atoms with van der Waals surface area (Å²) in [7, 11) is 0. The molecule has 1 saturated carbocycles. The topological polar surface area (TPSA) is 0 Å². The average Bonchev–Trinajstić information content (AvgIpc) is 2.63. The molecule has 0 nitrogen and oxygen atoms in total. The van der Waals surface area contributed by atoms with E-state index in [0.717, 1.165) is 5.92 Å². The molecule has 78 valence electrons. The van der Waals surface area contributed by atoms with Gasteiger partial charge in [0.1, 0.15) is 0 Å². The van der Waals surface area contributed by atoms with E-state index in [2.05, 4.69) is 6.92 Å². The highest BCUT2D eigenvalue weighted by Gasteiger charge is 2.13. The van der Waals surface area contributed by atoms with Gasteiger partial charge in [0.15, 0.2) is 0 Å². The molecule has 0 aromatic heterocycles. The standard InChI is InChI=1S/C13H26/c1-2-3-4-5-6-7-10-13-11-8-9-12-13/h13H,2-12H2,1H3. The van der Waals surface area contributed by atoms with E-state index in [0.29, 0.717) is 0 Å². The van der Waals surface area contributed by atoms with Crippen LogP contribution in [0.5, 0.6) is 0 Å². The molecule has 0 atom stereocenters. The maximum absolute atomic E-state index is 2.29. The SMILES string of the molecule is CCCCCCCCC1CCCC1. The third-order valence-electron chi connectivity index (χ3n) is 3.44. The molecule has 0 heteroatoms. The van der Waals surface area contributed by atoms with E-state index in [1.165, 1.54) is 70.6 Å². The molecule has 1 fully saturated rings. The molecular weight excluding hydrogens is 156 g/mol. The van der Waals surface area contributed by atoms with Gasteiger partial charge in [-0.1, -0.05) is 77.6 Å². The van der Waals surface area contributed by atoms with Crippen molar-refractivity contribution >= 4 is 0 Å². The molecule has 13 heavy (non-hydrogen) atoms. The van der Waals surface area contributed by atoms with Crippen molar-refractivity contribution in [1.82, 2.24) is 0 Å². The Hall–Kier alpha value is 0. The van der Waals surface area contributed by atoms with Crippen molar-refractivity contribution in [2.45, 2.75) is 77.6 Å². The predicted octanol–water partition coefficient (Wildman–Crippen LogP) is 4.93. The Morgan fingerprint density at radius 2 is 1.46 bits per heavy atom. The van der Waals surface area contributed by atoms with E-state index in [9.17, 15) is 0 Å². The molecule has 1 rings (SSSR count). The summed E-state index contributed by atoms with van der Waals surface area (Å²) in [5.41, 5.74) is 0. The van der Waals surface area contributed by atoms with Crippen LogP contribution in [-0.2, 0) is 0 Å². The van der Waals surface area contributed by atoms with Crippen LogP contribution in [0.25, 0.3) is 0 Å². The smallest absolute Gasteiger partial charge is 0.0414 e. The Morgan fingerprint density at radius 1 is 0.846 bits per heavy atom. The van der Waals surface area contributed by atoms with Crippen LogP contribution >= 0.6 is 0 Å². The summed E-state index contributed by atoms with van der Waals surface area (Å²) in [6.07, 6.45) is 16.4. The third kappa shape index (κ3) is 5.33. The first kappa shape index (κ1) is 11.1. The van der Waals surface area contributed by atoms with Crippen molar-refractivity contribution in [2.75, 3.05) is 0 Å². The summed E-state index contributed by atoms with van der Waals surface area (Å²) in [6, 6.07) is 0. The van der Waals surface area contributed by atoms with Crippen LogP contribution < -0.4 is 0 Å². The molecule has 0 radical (unpaired) electrons. The van der Waals surface area contributed by atoms with Crippen LogP contribution in [0.4, 0.5) is 0 Å². The van der Waals surface area contributed by atoms with Crippen LogP contribution in [0.3, 0.4) is 0 Å². The van der Waals surface area contributed by atoms with E-state index < -0.39 is 0 Å². The third-order valence-corrected chi connectivity index (χ3v) is 3.44. The molecule has 0 aromatic rings. The number of hydrogen-bond acceptors (Lipinski definition) is 0. The Labute approximate surface area is 84.1 Å². The zero-order valence-electron chi connectivity index (χ0n) is 9.36. The second kappa shape index (κ2) is 7.41. The van der Waals surface area contributed by atoms with E-state index in [1.54, 1.807) is 0 Å². The average molecular weight is 182 g/mol. The largest absolute Gasteiger partial charge is 0.0654 e. The van der Waals surface area contributed by atoms with Gasteiger partial charge in [0.2, 0.25) is 0 Å². The summed E-state index contributed by atoms with van der Waals surface area (Å²) in [5, 5.41) is 0. The van der Waals surface area contributed by atoms with Crippen molar-refractivity contribution < 1.29 is 0 Å². The summed E-state index contributed by atoms with van der Waals surface area (Å²) in [6.45, 7) is 2.29. The molecular formula is C13H26. The fourth-order valence-corrected chi connectivity index (χ4v) is 2.51. The fourth-order valence-electron chi connectivity index (χ4n) is 2.51. The van der Waals surface area contributed by atoms with Crippen LogP contribution in [0, 0.1) is 5.92 Å². The normalized spacial score (nSPS) is 18.2. The van der Waals surface area contributed by atoms with E-state index in [-0.39, 0.29) is 0 Å². The first-order valence-corrected chi connectivity index (χ1v) is 6.43. The monoisotopic (exact) mass is 182 g/mol. The van der Waals surface area contributed by atoms with Gasteiger partial charge < -0.3 is 0 Å². The van der Waals surface area contributed by atoms with Gasteiger partial charge in [-0.15, -0.1) is 0 Å². The molecule has 0 aromatic carbocycles. The van der Waals surface area contributed by atoms with Crippen LogP contribution in [-0.4, -0.2) is 0 Å². The Balaban J connectivity index is 1.78. The summed E-state index contributed by atoms with van der Waals surface area (Å²) < 4.78 is 0. The van der Waals surface area contributed by atoms with Gasteiger partial charge >= 0.3 is 0 Å². The molecule has 0 heterocycles. The number of rotatable bonds is 7. The van der Waals surface area contributed by atoms with Gasteiger partial charge in [-0.3, -0.25) is 0 Å². The minimum Gasteiger partial charge on any atom is -0.0654 e. The maximum Gasteiger partial charge on any atom is -0.0414 e. The molecule has 0 bridgehead atoms. The molecule has 1 aliphatic rings. The zero-order valence-corrected chi connectivity index (χ0v) is 9.36. The highest BCUT2D eigenvalue weighted by molar-refractivity contribution is 4.66. The maximum atomic E-state index is 2.29. The molecule has 0 spiro atoms. The summed E-state index contributed by atoms with van der Waals surface area (Å²) >= 11 is 0. The molecule has 0 saturated heterocycles. The lowest BCUT2D eigenvalue weighted by atomic mass is 9.99. The van der Waals surface area contributed by atoms with Gasteiger partial charge in [0, 0.05) is 0 Å². The van der Waals surface area contributed by atoms with E-state index >= 15 is 0 Å². The van der Waals surface area contributed by atoms with Crippen molar-refractivity contribution in [3.63, 3.8) is 0 Å². The zero-order chi connectivity index (χ0) is 9.36. The fraction of sp³-hybridized carbons (Fsp3) is 1.00. The molecule has 0 aliphatic heterocycles.